The molecule has 1 heterocycles. The van der Waals surface area contributed by atoms with Crippen molar-refractivity contribution in [1.29, 1.82) is 0 Å². The van der Waals surface area contributed by atoms with E-state index in [1.165, 1.54) is 48.8 Å². The summed E-state index contributed by atoms with van der Waals surface area (Å²) in [6.45, 7) is 4.69. The summed E-state index contributed by atoms with van der Waals surface area (Å²) in [5.74, 6) is 0.878. The summed E-state index contributed by atoms with van der Waals surface area (Å²) >= 11 is 0. The Morgan fingerprint density at radius 2 is 1.49 bits per heavy atom. The molecule has 0 bridgehead atoms. The van der Waals surface area contributed by atoms with Gasteiger partial charge in [-0.05, 0) is 118 Å². The third-order valence-electron chi connectivity index (χ3n) is 8.12. The second-order valence-electron chi connectivity index (χ2n) is 10.7. The van der Waals surface area contributed by atoms with Crippen molar-refractivity contribution < 1.29 is 13.9 Å². The minimum Gasteiger partial charge on any atom is -0.497 e. The molecule has 0 aliphatic carbocycles. The van der Waals surface area contributed by atoms with Gasteiger partial charge in [-0.3, -0.25) is 9.69 Å². The third-order valence-corrected chi connectivity index (χ3v) is 8.12. The predicted molar refractivity (Wildman–Crippen MR) is 149 cm³/mol. The van der Waals surface area contributed by atoms with Crippen molar-refractivity contribution in [1.82, 2.24) is 4.90 Å². The molecule has 0 unspecified atom stereocenters. The summed E-state index contributed by atoms with van der Waals surface area (Å²) in [6, 6.07) is 23.4. The number of carbonyl (C=O) groups excluding carboxylic acids is 1. The number of hydrogen-bond acceptors (Lipinski definition) is 3. The van der Waals surface area contributed by atoms with Gasteiger partial charge in [0.1, 0.15) is 11.6 Å². The van der Waals surface area contributed by atoms with Gasteiger partial charge in [-0.15, -0.1) is 0 Å². The van der Waals surface area contributed by atoms with E-state index in [0.29, 0.717) is 5.41 Å². The number of halogens is 1. The fourth-order valence-electron chi connectivity index (χ4n) is 5.85. The minimum absolute atomic E-state index is 0.152. The van der Waals surface area contributed by atoms with E-state index in [0.717, 1.165) is 50.2 Å². The molecule has 1 fully saturated rings. The van der Waals surface area contributed by atoms with Crippen LogP contribution in [-0.4, -0.2) is 30.9 Å². The van der Waals surface area contributed by atoms with Gasteiger partial charge < -0.3 is 4.74 Å². The largest absolute Gasteiger partial charge is 0.497 e. The average Bonchev–Trinajstić information content (AvgIpc) is 2.92. The van der Waals surface area contributed by atoms with Crippen LogP contribution in [0.25, 0.3) is 0 Å². The van der Waals surface area contributed by atoms with Gasteiger partial charge in [0.25, 0.3) is 0 Å². The van der Waals surface area contributed by atoms with Gasteiger partial charge in [0.2, 0.25) is 0 Å². The number of aryl methyl sites for hydroxylation is 2. The van der Waals surface area contributed by atoms with Crippen LogP contribution in [0.5, 0.6) is 5.75 Å². The number of Topliss-reactive ketones (excluding diaryl/α,β-unsaturated/α-hetero) is 1. The van der Waals surface area contributed by atoms with Crippen LogP contribution in [0.1, 0.15) is 72.5 Å². The zero-order valence-corrected chi connectivity index (χ0v) is 22.3. The first-order valence-electron chi connectivity index (χ1n) is 13.6. The highest BCUT2D eigenvalue weighted by Crippen LogP contribution is 2.41. The lowest BCUT2D eigenvalue weighted by Crippen LogP contribution is -2.40. The molecule has 4 heteroatoms. The van der Waals surface area contributed by atoms with Crippen molar-refractivity contribution >= 4 is 5.78 Å². The standard InChI is InChI=1S/C33H40FNO2/c1-26(36)32-10-4-3-8-29(32)9-6-20-33(19-5-7-27-13-17-31(37-2)18-14-27)21-23-35(24-22-33)25-28-11-15-30(34)16-12-28/h3-4,8,10-18H,5-7,9,19-25H2,1-2H3. The van der Waals surface area contributed by atoms with Crippen molar-refractivity contribution in [3.63, 3.8) is 0 Å². The Labute approximate surface area is 221 Å². The normalized spacial score (nSPS) is 15.4. The summed E-state index contributed by atoms with van der Waals surface area (Å²) in [7, 11) is 1.70. The van der Waals surface area contributed by atoms with Crippen LogP contribution >= 0.6 is 0 Å². The number of ketones is 1. The molecule has 3 aromatic carbocycles. The summed E-state index contributed by atoms with van der Waals surface area (Å²) in [5, 5.41) is 0. The summed E-state index contributed by atoms with van der Waals surface area (Å²) in [5.41, 5.74) is 4.91. The van der Waals surface area contributed by atoms with Gasteiger partial charge >= 0.3 is 0 Å². The molecule has 3 aromatic rings. The lowest BCUT2D eigenvalue weighted by Gasteiger charge is -2.42. The summed E-state index contributed by atoms with van der Waals surface area (Å²) < 4.78 is 18.6. The monoisotopic (exact) mass is 501 g/mol. The average molecular weight is 502 g/mol. The van der Waals surface area contributed by atoms with Crippen LogP contribution in [0.3, 0.4) is 0 Å². The maximum Gasteiger partial charge on any atom is 0.160 e. The molecule has 0 saturated carbocycles. The second-order valence-corrected chi connectivity index (χ2v) is 10.7. The lowest BCUT2D eigenvalue weighted by molar-refractivity contribution is 0.0786. The van der Waals surface area contributed by atoms with Gasteiger partial charge in [-0.1, -0.05) is 48.5 Å². The zero-order valence-electron chi connectivity index (χ0n) is 22.3. The molecule has 0 atom stereocenters. The molecule has 3 nitrogen and oxygen atoms in total. The fourth-order valence-corrected chi connectivity index (χ4v) is 5.85. The van der Waals surface area contributed by atoms with Crippen LogP contribution in [0.2, 0.25) is 0 Å². The Hall–Kier alpha value is -2.98. The van der Waals surface area contributed by atoms with Gasteiger partial charge in [-0.2, -0.15) is 0 Å². The minimum atomic E-state index is -0.176. The lowest BCUT2D eigenvalue weighted by atomic mass is 9.70. The first-order valence-corrected chi connectivity index (χ1v) is 13.6. The molecule has 1 saturated heterocycles. The van der Waals surface area contributed by atoms with Crippen LogP contribution in [-0.2, 0) is 19.4 Å². The molecule has 37 heavy (non-hydrogen) atoms. The number of benzene rings is 3. The molecule has 0 N–H and O–H groups in total. The van der Waals surface area contributed by atoms with Crippen molar-refractivity contribution in [3.8, 4) is 5.75 Å². The molecule has 4 rings (SSSR count). The van der Waals surface area contributed by atoms with Crippen LogP contribution in [0.15, 0.2) is 72.8 Å². The van der Waals surface area contributed by atoms with E-state index >= 15 is 0 Å². The molecule has 0 aromatic heterocycles. The Bertz CT molecular complexity index is 1130. The maximum atomic E-state index is 13.3. The Morgan fingerprint density at radius 3 is 2.14 bits per heavy atom. The predicted octanol–water partition coefficient (Wildman–Crippen LogP) is 7.66. The van der Waals surface area contributed by atoms with E-state index in [9.17, 15) is 9.18 Å². The van der Waals surface area contributed by atoms with Crippen molar-refractivity contribution in [2.75, 3.05) is 20.2 Å². The number of carbonyl (C=O) groups is 1. The number of rotatable bonds is 12. The maximum absolute atomic E-state index is 13.3. The molecular weight excluding hydrogens is 461 g/mol. The highest BCUT2D eigenvalue weighted by molar-refractivity contribution is 5.95. The molecule has 196 valence electrons. The first kappa shape index (κ1) is 27.1. The molecule has 0 spiro atoms. The number of nitrogens with zero attached hydrogens (tertiary/aromatic N) is 1. The van der Waals surface area contributed by atoms with Crippen molar-refractivity contribution in [2.45, 2.75) is 64.8 Å². The second kappa shape index (κ2) is 13.0. The summed E-state index contributed by atoms with van der Waals surface area (Å²) in [6.07, 6.45) is 9.09. The smallest absolute Gasteiger partial charge is 0.160 e. The first-order chi connectivity index (χ1) is 18.0. The number of piperidine rings is 1. The highest BCUT2D eigenvalue weighted by Gasteiger charge is 2.33. The van der Waals surface area contributed by atoms with E-state index in [2.05, 4.69) is 23.1 Å². The molecule has 0 amide bonds. The SMILES string of the molecule is COc1ccc(CCCC2(CCCc3ccccc3C(C)=O)CCN(Cc3ccc(F)cc3)CC2)cc1. The Kier molecular flexibility index (Phi) is 9.51. The van der Waals surface area contributed by atoms with Gasteiger partial charge in [0, 0.05) is 12.1 Å². The number of ether oxygens (including phenoxy) is 1. The van der Waals surface area contributed by atoms with E-state index in [1.807, 2.05) is 42.5 Å². The number of hydrogen-bond donors (Lipinski definition) is 0. The van der Waals surface area contributed by atoms with Crippen molar-refractivity contribution in [3.05, 3.63) is 101 Å². The Morgan fingerprint density at radius 1 is 0.865 bits per heavy atom. The van der Waals surface area contributed by atoms with E-state index < -0.39 is 0 Å². The van der Waals surface area contributed by atoms with Gasteiger partial charge in [0.15, 0.2) is 5.78 Å². The van der Waals surface area contributed by atoms with Gasteiger partial charge in [-0.25, -0.2) is 4.39 Å². The van der Waals surface area contributed by atoms with Gasteiger partial charge in [0.05, 0.1) is 7.11 Å². The molecular formula is C33H40FNO2. The zero-order chi connectivity index (χ0) is 26.1. The molecule has 1 aliphatic rings. The van der Waals surface area contributed by atoms with Crippen LogP contribution < -0.4 is 4.74 Å². The van der Waals surface area contributed by atoms with Crippen LogP contribution in [0, 0.1) is 11.2 Å². The topological polar surface area (TPSA) is 29.5 Å². The number of likely N-dealkylation sites (tertiary alicyclic amines) is 1. The summed E-state index contributed by atoms with van der Waals surface area (Å²) in [4.78, 5) is 14.6. The van der Waals surface area contributed by atoms with Crippen molar-refractivity contribution in [2.24, 2.45) is 5.41 Å². The quantitative estimate of drug-likeness (QED) is 0.239. The third kappa shape index (κ3) is 7.75. The van der Waals surface area contributed by atoms with E-state index in [-0.39, 0.29) is 11.6 Å². The number of methoxy groups -OCH3 is 1. The molecule has 1 aliphatic heterocycles. The van der Waals surface area contributed by atoms with E-state index in [1.54, 1.807) is 26.2 Å². The fraction of sp³-hybridized carbons (Fsp3) is 0.424. The highest BCUT2D eigenvalue weighted by atomic mass is 19.1. The Balaban J connectivity index is 1.37. The van der Waals surface area contributed by atoms with Crippen LogP contribution in [0.4, 0.5) is 4.39 Å². The van der Waals surface area contributed by atoms with E-state index in [4.69, 9.17) is 4.74 Å². The molecule has 0 radical (unpaired) electrons.